The van der Waals surface area contributed by atoms with Gasteiger partial charge in [0.25, 0.3) is 0 Å². The van der Waals surface area contributed by atoms with Gasteiger partial charge < -0.3 is 4.74 Å². The number of fused-ring (bicyclic) bond motifs is 1. The third kappa shape index (κ3) is 2.40. The Morgan fingerprint density at radius 3 is 2.80 bits per heavy atom. The molecule has 0 radical (unpaired) electrons. The first-order valence-corrected chi connectivity index (χ1v) is 6.39. The van der Waals surface area contributed by atoms with Crippen molar-refractivity contribution in [1.29, 1.82) is 0 Å². The van der Waals surface area contributed by atoms with Crippen molar-refractivity contribution >= 4 is 17.1 Å². The van der Waals surface area contributed by atoms with Gasteiger partial charge in [-0.1, -0.05) is 36.4 Å². The molecule has 100 valence electrons. The highest BCUT2D eigenvalue weighted by atomic mass is 16.5. The largest absolute Gasteiger partial charge is 0.444 e. The van der Waals surface area contributed by atoms with Crippen LogP contribution >= 0.6 is 0 Å². The maximum absolute atomic E-state index is 12.1. The van der Waals surface area contributed by atoms with E-state index in [2.05, 4.69) is 4.98 Å². The van der Waals surface area contributed by atoms with Crippen LogP contribution in [0.1, 0.15) is 11.1 Å². The molecule has 3 aromatic rings. The van der Waals surface area contributed by atoms with Crippen LogP contribution in [0.4, 0.5) is 4.79 Å². The van der Waals surface area contributed by atoms with E-state index in [0.717, 1.165) is 22.2 Å². The molecule has 4 heteroatoms. The zero-order chi connectivity index (χ0) is 13.9. The summed E-state index contributed by atoms with van der Waals surface area (Å²) in [5.74, 6) is 0. The first kappa shape index (κ1) is 12.4. The Hall–Kier alpha value is -2.62. The molecule has 1 heterocycles. The van der Waals surface area contributed by atoms with Crippen LogP contribution in [0.25, 0.3) is 11.0 Å². The summed E-state index contributed by atoms with van der Waals surface area (Å²) in [5, 5.41) is 0. The SMILES string of the molecule is Cc1ccc2ncn(C(=O)OCc3ccccc3)c2c1. The molecule has 3 rings (SSSR count). The minimum Gasteiger partial charge on any atom is -0.444 e. The average Bonchev–Trinajstić information content (AvgIpc) is 2.89. The third-order valence-corrected chi connectivity index (χ3v) is 3.10. The van der Waals surface area contributed by atoms with Crippen LogP contribution in [-0.2, 0) is 11.3 Å². The summed E-state index contributed by atoms with van der Waals surface area (Å²) in [6.45, 7) is 2.23. The van der Waals surface area contributed by atoms with Crippen LogP contribution in [-0.4, -0.2) is 15.6 Å². The van der Waals surface area contributed by atoms with E-state index in [1.54, 1.807) is 0 Å². The standard InChI is InChI=1S/C16H14N2O2/c1-12-7-8-14-15(9-12)18(11-17-14)16(19)20-10-13-5-3-2-4-6-13/h2-9,11H,10H2,1H3. The fourth-order valence-electron chi connectivity index (χ4n) is 2.05. The fourth-order valence-corrected chi connectivity index (χ4v) is 2.05. The summed E-state index contributed by atoms with van der Waals surface area (Å²) >= 11 is 0. The van der Waals surface area contributed by atoms with Crippen molar-refractivity contribution in [2.75, 3.05) is 0 Å². The van der Waals surface area contributed by atoms with E-state index in [1.165, 1.54) is 10.9 Å². The second-order valence-corrected chi connectivity index (χ2v) is 4.65. The topological polar surface area (TPSA) is 44.1 Å². The minimum absolute atomic E-state index is 0.255. The summed E-state index contributed by atoms with van der Waals surface area (Å²) in [5.41, 5.74) is 3.59. The van der Waals surface area contributed by atoms with Crippen molar-refractivity contribution in [3.05, 3.63) is 66.0 Å². The Morgan fingerprint density at radius 1 is 1.20 bits per heavy atom. The number of carbonyl (C=O) groups excluding carboxylic acids is 1. The van der Waals surface area contributed by atoms with Gasteiger partial charge in [-0.2, -0.15) is 0 Å². The van der Waals surface area contributed by atoms with Crippen molar-refractivity contribution in [2.24, 2.45) is 0 Å². The van der Waals surface area contributed by atoms with Crippen molar-refractivity contribution in [3.63, 3.8) is 0 Å². The lowest BCUT2D eigenvalue weighted by Crippen LogP contribution is -2.12. The van der Waals surface area contributed by atoms with Crippen molar-refractivity contribution in [1.82, 2.24) is 9.55 Å². The van der Waals surface area contributed by atoms with Crippen molar-refractivity contribution in [3.8, 4) is 0 Å². The number of ether oxygens (including phenoxy) is 1. The molecule has 0 atom stereocenters. The van der Waals surface area contributed by atoms with Gasteiger partial charge in [0.2, 0.25) is 0 Å². The Labute approximate surface area is 116 Å². The van der Waals surface area contributed by atoms with Crippen LogP contribution in [0.15, 0.2) is 54.9 Å². The minimum atomic E-state index is -0.415. The van der Waals surface area contributed by atoms with E-state index in [4.69, 9.17) is 4.74 Å². The number of rotatable bonds is 2. The molecular weight excluding hydrogens is 252 g/mol. The zero-order valence-corrected chi connectivity index (χ0v) is 11.1. The van der Waals surface area contributed by atoms with Crippen LogP contribution < -0.4 is 0 Å². The number of hydrogen-bond donors (Lipinski definition) is 0. The van der Waals surface area contributed by atoms with Gasteiger partial charge in [-0.05, 0) is 30.2 Å². The normalized spacial score (nSPS) is 10.7. The van der Waals surface area contributed by atoms with E-state index < -0.39 is 6.09 Å². The predicted octanol–water partition coefficient (Wildman–Crippen LogP) is 3.53. The number of imidazole rings is 1. The summed E-state index contributed by atoms with van der Waals surface area (Å²) in [6, 6.07) is 15.4. The van der Waals surface area contributed by atoms with E-state index in [-0.39, 0.29) is 6.61 Å². The van der Waals surface area contributed by atoms with E-state index in [0.29, 0.717) is 0 Å². The number of aryl methyl sites for hydroxylation is 1. The summed E-state index contributed by atoms with van der Waals surface area (Å²) in [7, 11) is 0. The molecule has 2 aromatic carbocycles. The second-order valence-electron chi connectivity index (χ2n) is 4.65. The van der Waals surface area contributed by atoms with Gasteiger partial charge in [-0.25, -0.2) is 14.3 Å². The highest BCUT2D eigenvalue weighted by Gasteiger charge is 2.11. The fraction of sp³-hybridized carbons (Fsp3) is 0.125. The lowest BCUT2D eigenvalue weighted by Gasteiger charge is -2.06. The van der Waals surface area contributed by atoms with E-state index >= 15 is 0 Å². The monoisotopic (exact) mass is 266 g/mol. The molecule has 0 saturated carbocycles. The molecule has 0 bridgehead atoms. The third-order valence-electron chi connectivity index (χ3n) is 3.10. The Balaban J connectivity index is 1.80. The van der Waals surface area contributed by atoms with Crippen LogP contribution in [0.2, 0.25) is 0 Å². The molecule has 0 aliphatic rings. The molecule has 0 aliphatic heterocycles. The van der Waals surface area contributed by atoms with Gasteiger partial charge >= 0.3 is 6.09 Å². The molecule has 20 heavy (non-hydrogen) atoms. The quantitative estimate of drug-likeness (QED) is 0.712. The van der Waals surface area contributed by atoms with Crippen molar-refractivity contribution < 1.29 is 9.53 Å². The van der Waals surface area contributed by atoms with Crippen LogP contribution in [0, 0.1) is 6.92 Å². The van der Waals surface area contributed by atoms with Crippen LogP contribution in [0.5, 0.6) is 0 Å². The Morgan fingerprint density at radius 2 is 2.00 bits per heavy atom. The summed E-state index contributed by atoms with van der Waals surface area (Å²) in [6.07, 6.45) is 1.08. The summed E-state index contributed by atoms with van der Waals surface area (Å²) in [4.78, 5) is 16.3. The van der Waals surface area contributed by atoms with Gasteiger partial charge in [0.1, 0.15) is 12.9 Å². The molecule has 0 N–H and O–H groups in total. The first-order chi connectivity index (χ1) is 9.74. The van der Waals surface area contributed by atoms with Crippen molar-refractivity contribution in [2.45, 2.75) is 13.5 Å². The van der Waals surface area contributed by atoms with Gasteiger partial charge in [0.15, 0.2) is 0 Å². The summed E-state index contributed by atoms with van der Waals surface area (Å²) < 4.78 is 6.74. The molecule has 0 fully saturated rings. The Kier molecular flexibility index (Phi) is 3.21. The first-order valence-electron chi connectivity index (χ1n) is 6.39. The molecule has 0 spiro atoms. The molecule has 0 aliphatic carbocycles. The molecule has 4 nitrogen and oxygen atoms in total. The highest BCUT2D eigenvalue weighted by Crippen LogP contribution is 2.15. The second kappa shape index (κ2) is 5.17. The molecular formula is C16H14N2O2. The lowest BCUT2D eigenvalue weighted by molar-refractivity contribution is 0.142. The number of aromatic nitrogens is 2. The maximum Gasteiger partial charge on any atom is 0.420 e. The van der Waals surface area contributed by atoms with E-state index in [1.807, 2.05) is 55.5 Å². The average molecular weight is 266 g/mol. The number of benzene rings is 2. The van der Waals surface area contributed by atoms with Gasteiger partial charge in [0.05, 0.1) is 11.0 Å². The Bertz CT molecular complexity index is 748. The van der Waals surface area contributed by atoms with Gasteiger partial charge in [0, 0.05) is 0 Å². The van der Waals surface area contributed by atoms with Gasteiger partial charge in [-0.15, -0.1) is 0 Å². The number of carbonyl (C=O) groups is 1. The zero-order valence-electron chi connectivity index (χ0n) is 11.1. The molecule has 0 saturated heterocycles. The molecule has 0 unspecified atom stereocenters. The van der Waals surface area contributed by atoms with E-state index in [9.17, 15) is 4.79 Å². The smallest absolute Gasteiger partial charge is 0.420 e. The molecule has 1 aromatic heterocycles. The predicted molar refractivity (Wildman–Crippen MR) is 76.5 cm³/mol. The highest BCUT2D eigenvalue weighted by molar-refractivity contribution is 5.86. The lowest BCUT2D eigenvalue weighted by atomic mass is 10.2. The van der Waals surface area contributed by atoms with Gasteiger partial charge in [-0.3, -0.25) is 0 Å². The maximum atomic E-state index is 12.1. The number of nitrogens with zero attached hydrogens (tertiary/aromatic N) is 2. The van der Waals surface area contributed by atoms with Crippen LogP contribution in [0.3, 0.4) is 0 Å². The number of hydrogen-bond acceptors (Lipinski definition) is 3. The molecule has 0 amide bonds.